The summed E-state index contributed by atoms with van der Waals surface area (Å²) in [5.41, 5.74) is 3.59. The molecule has 4 amide bonds. The first-order valence-corrected chi connectivity index (χ1v) is 10.9. The molecule has 5 rings (SSSR count). The lowest BCUT2D eigenvalue weighted by molar-refractivity contribution is -0.384. The van der Waals surface area contributed by atoms with Crippen LogP contribution < -0.4 is 16.0 Å². The Hall–Kier alpha value is -5.25. The number of carbonyl (C=O) groups excluding carboxylic acids is 3. The number of non-ortho nitro benzene ring substituents is 1. The zero-order valence-electron chi connectivity index (χ0n) is 18.9. The molecule has 178 valence electrons. The summed E-state index contributed by atoms with van der Waals surface area (Å²) in [5, 5.41) is 20.0. The molecule has 0 aliphatic carbocycles. The maximum atomic E-state index is 13.0. The number of nitro benzene ring substituents is 1. The number of urea groups is 1. The standard InChI is InChI=1S/C26H19N5O5/c1-30-25(33)21(29-26(30)34)13-15-6-5-9-17(12-15)27-23(16-7-3-2-4-8-16)22-19-14-18(31(35)36)10-11-20(19)28-24(22)32/h2-14,27H,1H3,(H,28,32)(H,29,34)/b21-13-,23-22-. The molecular formula is C26H19N5O5. The highest BCUT2D eigenvalue weighted by molar-refractivity contribution is 6.37. The molecule has 3 N–H and O–H groups in total. The van der Waals surface area contributed by atoms with Gasteiger partial charge in [-0.15, -0.1) is 0 Å². The molecule has 1 saturated heterocycles. The van der Waals surface area contributed by atoms with Crippen LogP contribution in [0.25, 0.3) is 17.3 Å². The molecule has 0 aromatic heterocycles. The number of likely N-dealkylation sites (N-methyl/N-ethyl adjacent to an activating group) is 1. The second-order valence-electron chi connectivity index (χ2n) is 8.16. The molecule has 0 atom stereocenters. The molecule has 0 unspecified atom stereocenters. The van der Waals surface area contributed by atoms with Crippen LogP contribution >= 0.6 is 0 Å². The van der Waals surface area contributed by atoms with Gasteiger partial charge in [0.1, 0.15) is 5.70 Å². The minimum absolute atomic E-state index is 0.128. The monoisotopic (exact) mass is 481 g/mol. The average Bonchev–Trinajstić information content (AvgIpc) is 3.32. The highest BCUT2D eigenvalue weighted by Crippen LogP contribution is 2.39. The number of hydrogen-bond donors (Lipinski definition) is 3. The minimum Gasteiger partial charge on any atom is -0.354 e. The van der Waals surface area contributed by atoms with Crippen LogP contribution in [-0.2, 0) is 9.59 Å². The Bertz CT molecular complexity index is 1510. The van der Waals surface area contributed by atoms with Crippen molar-refractivity contribution in [1.82, 2.24) is 10.2 Å². The van der Waals surface area contributed by atoms with Gasteiger partial charge in [-0.1, -0.05) is 42.5 Å². The molecule has 2 heterocycles. The van der Waals surface area contributed by atoms with Gasteiger partial charge in [0, 0.05) is 36.1 Å². The number of rotatable bonds is 5. The van der Waals surface area contributed by atoms with Crippen molar-refractivity contribution in [3.63, 3.8) is 0 Å². The second kappa shape index (κ2) is 8.84. The van der Waals surface area contributed by atoms with Gasteiger partial charge in [0.25, 0.3) is 17.5 Å². The van der Waals surface area contributed by atoms with E-state index in [2.05, 4.69) is 16.0 Å². The molecule has 36 heavy (non-hydrogen) atoms. The molecule has 10 nitrogen and oxygen atoms in total. The SMILES string of the molecule is CN1C(=O)N/C(=C\c2cccc(N/C(=C3\C(=O)Nc4ccc([N+](=O)[O-])cc43)c3ccccc3)c2)C1=O. The van der Waals surface area contributed by atoms with E-state index in [9.17, 15) is 24.5 Å². The van der Waals surface area contributed by atoms with Crippen molar-refractivity contribution in [2.45, 2.75) is 0 Å². The van der Waals surface area contributed by atoms with Gasteiger partial charge in [-0.2, -0.15) is 0 Å². The van der Waals surface area contributed by atoms with Gasteiger partial charge >= 0.3 is 6.03 Å². The van der Waals surface area contributed by atoms with Crippen LogP contribution in [0.2, 0.25) is 0 Å². The van der Waals surface area contributed by atoms with Crippen LogP contribution in [0.3, 0.4) is 0 Å². The Morgan fingerprint density at radius 2 is 1.75 bits per heavy atom. The van der Waals surface area contributed by atoms with Crippen molar-refractivity contribution in [3.8, 4) is 0 Å². The fourth-order valence-corrected chi connectivity index (χ4v) is 4.04. The summed E-state index contributed by atoms with van der Waals surface area (Å²) in [4.78, 5) is 48.9. The van der Waals surface area contributed by atoms with Crippen molar-refractivity contribution in [2.24, 2.45) is 0 Å². The number of carbonyl (C=O) groups is 3. The molecule has 0 radical (unpaired) electrons. The first kappa shape index (κ1) is 22.5. The van der Waals surface area contributed by atoms with E-state index < -0.39 is 22.8 Å². The number of fused-ring (bicyclic) bond motifs is 1. The molecule has 3 aromatic rings. The predicted octanol–water partition coefficient (Wildman–Crippen LogP) is 4.05. The summed E-state index contributed by atoms with van der Waals surface area (Å²) in [6.45, 7) is 0. The molecule has 3 aromatic carbocycles. The number of nitro groups is 1. The van der Waals surface area contributed by atoms with Crippen LogP contribution in [0.15, 0.2) is 78.5 Å². The van der Waals surface area contributed by atoms with Gasteiger partial charge in [-0.25, -0.2) is 4.79 Å². The molecular weight excluding hydrogens is 462 g/mol. The smallest absolute Gasteiger partial charge is 0.328 e. The van der Waals surface area contributed by atoms with Crippen LogP contribution in [-0.4, -0.2) is 34.7 Å². The average molecular weight is 481 g/mol. The summed E-state index contributed by atoms with van der Waals surface area (Å²) < 4.78 is 0. The van der Waals surface area contributed by atoms with Gasteiger partial charge < -0.3 is 16.0 Å². The number of nitrogens with one attached hydrogen (secondary N) is 3. The quantitative estimate of drug-likeness (QED) is 0.218. The third-order valence-corrected chi connectivity index (χ3v) is 5.82. The maximum Gasteiger partial charge on any atom is 0.328 e. The lowest BCUT2D eigenvalue weighted by Crippen LogP contribution is -2.25. The van der Waals surface area contributed by atoms with Gasteiger partial charge in [-0.3, -0.25) is 24.6 Å². The summed E-state index contributed by atoms with van der Waals surface area (Å²) in [5.74, 6) is -0.830. The third kappa shape index (κ3) is 4.07. The van der Waals surface area contributed by atoms with Gasteiger partial charge in [0.15, 0.2) is 0 Å². The highest BCUT2D eigenvalue weighted by Gasteiger charge is 2.31. The van der Waals surface area contributed by atoms with E-state index in [0.29, 0.717) is 33.8 Å². The predicted molar refractivity (Wildman–Crippen MR) is 134 cm³/mol. The molecule has 1 fully saturated rings. The van der Waals surface area contributed by atoms with Crippen molar-refractivity contribution < 1.29 is 19.3 Å². The Morgan fingerprint density at radius 3 is 2.44 bits per heavy atom. The fourth-order valence-electron chi connectivity index (χ4n) is 4.04. The van der Waals surface area contributed by atoms with Crippen molar-refractivity contribution in [3.05, 3.63) is 105 Å². The van der Waals surface area contributed by atoms with E-state index in [1.807, 2.05) is 30.3 Å². The van der Waals surface area contributed by atoms with Crippen LogP contribution in [0, 0.1) is 10.1 Å². The van der Waals surface area contributed by atoms with Crippen molar-refractivity contribution in [2.75, 3.05) is 17.7 Å². The number of benzene rings is 3. The van der Waals surface area contributed by atoms with E-state index in [1.165, 1.54) is 25.2 Å². The lowest BCUT2D eigenvalue weighted by atomic mass is 9.99. The van der Waals surface area contributed by atoms with E-state index >= 15 is 0 Å². The van der Waals surface area contributed by atoms with Crippen LogP contribution in [0.5, 0.6) is 0 Å². The number of imide groups is 1. The van der Waals surface area contributed by atoms with Crippen LogP contribution in [0.4, 0.5) is 21.9 Å². The van der Waals surface area contributed by atoms with Gasteiger partial charge in [0.2, 0.25) is 0 Å². The van der Waals surface area contributed by atoms with E-state index in [0.717, 1.165) is 4.90 Å². The fraction of sp³-hybridized carbons (Fsp3) is 0.0385. The molecule has 0 bridgehead atoms. The summed E-state index contributed by atoms with van der Waals surface area (Å²) in [6, 6.07) is 19.9. The first-order valence-electron chi connectivity index (χ1n) is 10.9. The van der Waals surface area contributed by atoms with Crippen molar-refractivity contribution in [1.29, 1.82) is 0 Å². The topological polar surface area (TPSA) is 134 Å². The largest absolute Gasteiger partial charge is 0.354 e. The number of nitrogens with zero attached hydrogens (tertiary/aromatic N) is 2. The molecule has 2 aliphatic rings. The lowest BCUT2D eigenvalue weighted by Gasteiger charge is -2.15. The molecule has 0 saturated carbocycles. The Labute approximate surface area is 205 Å². The Kier molecular flexibility index (Phi) is 5.53. The maximum absolute atomic E-state index is 13.0. The van der Waals surface area contributed by atoms with Crippen LogP contribution in [0.1, 0.15) is 16.7 Å². The normalized spacial score (nSPS) is 17.1. The Balaban J connectivity index is 1.59. The zero-order chi connectivity index (χ0) is 25.4. The van der Waals surface area contributed by atoms with E-state index in [-0.39, 0.29) is 17.0 Å². The summed E-state index contributed by atoms with van der Waals surface area (Å²) >= 11 is 0. The second-order valence-corrected chi connectivity index (χ2v) is 8.16. The number of hydrogen-bond acceptors (Lipinski definition) is 6. The third-order valence-electron chi connectivity index (χ3n) is 5.82. The molecule has 0 spiro atoms. The molecule has 10 heteroatoms. The van der Waals surface area contributed by atoms with E-state index in [1.54, 1.807) is 30.3 Å². The van der Waals surface area contributed by atoms with Gasteiger partial charge in [-0.05, 0) is 35.4 Å². The van der Waals surface area contributed by atoms with Gasteiger partial charge in [0.05, 0.1) is 16.2 Å². The first-order chi connectivity index (χ1) is 17.3. The summed E-state index contributed by atoms with van der Waals surface area (Å²) in [6.07, 6.45) is 1.56. The molecule has 2 aliphatic heterocycles. The van der Waals surface area contributed by atoms with Crippen molar-refractivity contribution >= 4 is 52.3 Å². The number of amides is 4. The van der Waals surface area contributed by atoms with E-state index in [4.69, 9.17) is 0 Å². The number of anilines is 2. The highest BCUT2D eigenvalue weighted by atomic mass is 16.6. The minimum atomic E-state index is -0.506. The Morgan fingerprint density at radius 1 is 0.972 bits per heavy atom. The zero-order valence-corrected chi connectivity index (χ0v) is 18.9. The summed E-state index contributed by atoms with van der Waals surface area (Å²) in [7, 11) is 1.39.